The standard InChI is InChI=1S/C21H20ClN3O3/c1-21(16-7-9-17(22)10-8-16)13-25(12-18(21)24(2)20(27)28)19(26)15-5-3-14(11-23)4-6-15/h3-10,18H,12-13H2,1-2H3,(H,27,28)/t18-,21+/m1/s1. The van der Waals surface area contributed by atoms with Crippen LogP contribution in [0.15, 0.2) is 48.5 Å². The van der Waals surface area contributed by atoms with Crippen LogP contribution >= 0.6 is 11.6 Å². The SMILES string of the molecule is CN(C(=O)O)[C@@H]1CN(C(=O)c2ccc(C#N)cc2)C[C@@]1(C)c1ccc(Cl)cc1. The van der Waals surface area contributed by atoms with Crippen molar-refractivity contribution in [2.24, 2.45) is 0 Å². The zero-order valence-electron chi connectivity index (χ0n) is 15.6. The molecule has 1 N–H and O–H groups in total. The quantitative estimate of drug-likeness (QED) is 0.857. The van der Waals surface area contributed by atoms with Gasteiger partial charge in [-0.3, -0.25) is 4.79 Å². The fourth-order valence-electron chi connectivity index (χ4n) is 3.80. The number of nitrogens with zero attached hydrogens (tertiary/aromatic N) is 3. The molecule has 1 heterocycles. The van der Waals surface area contributed by atoms with Gasteiger partial charge in [-0.1, -0.05) is 30.7 Å². The summed E-state index contributed by atoms with van der Waals surface area (Å²) in [5.74, 6) is -0.189. The molecule has 0 radical (unpaired) electrons. The highest BCUT2D eigenvalue weighted by Crippen LogP contribution is 2.38. The van der Waals surface area contributed by atoms with Gasteiger partial charge in [-0.15, -0.1) is 0 Å². The molecule has 3 rings (SSSR count). The maximum atomic E-state index is 13.0. The first-order valence-corrected chi connectivity index (χ1v) is 9.15. The van der Waals surface area contributed by atoms with Crippen LogP contribution in [0, 0.1) is 11.3 Å². The fraction of sp³-hybridized carbons (Fsp3) is 0.286. The molecule has 1 saturated heterocycles. The molecule has 6 nitrogen and oxygen atoms in total. The Morgan fingerprint density at radius 1 is 1.21 bits per heavy atom. The number of carboxylic acid groups (broad SMARTS) is 1. The number of hydrogen-bond donors (Lipinski definition) is 1. The molecule has 0 aromatic heterocycles. The van der Waals surface area contributed by atoms with Crippen molar-refractivity contribution >= 4 is 23.6 Å². The Kier molecular flexibility index (Phi) is 5.30. The van der Waals surface area contributed by atoms with Crippen molar-refractivity contribution in [3.63, 3.8) is 0 Å². The highest BCUT2D eigenvalue weighted by atomic mass is 35.5. The summed E-state index contributed by atoms with van der Waals surface area (Å²) >= 11 is 6.01. The van der Waals surface area contributed by atoms with Crippen LogP contribution in [-0.4, -0.2) is 53.1 Å². The molecule has 0 aliphatic carbocycles. The number of likely N-dealkylation sites (N-methyl/N-ethyl adjacent to an activating group) is 1. The van der Waals surface area contributed by atoms with Gasteiger partial charge in [-0.2, -0.15) is 5.26 Å². The van der Waals surface area contributed by atoms with Crippen LogP contribution in [-0.2, 0) is 5.41 Å². The first kappa shape index (κ1) is 19.7. The van der Waals surface area contributed by atoms with Gasteiger partial charge in [0.1, 0.15) is 0 Å². The first-order valence-electron chi connectivity index (χ1n) is 8.77. The average molecular weight is 398 g/mol. The third kappa shape index (κ3) is 3.54. The van der Waals surface area contributed by atoms with Crippen LogP contribution in [0.5, 0.6) is 0 Å². The molecule has 2 aromatic rings. The number of rotatable bonds is 3. The topological polar surface area (TPSA) is 84.6 Å². The van der Waals surface area contributed by atoms with E-state index in [4.69, 9.17) is 16.9 Å². The minimum absolute atomic E-state index is 0.189. The highest BCUT2D eigenvalue weighted by molar-refractivity contribution is 6.30. The molecule has 2 atom stereocenters. The van der Waals surface area contributed by atoms with E-state index in [9.17, 15) is 14.7 Å². The second kappa shape index (κ2) is 7.53. The monoisotopic (exact) mass is 397 g/mol. The summed E-state index contributed by atoms with van der Waals surface area (Å²) in [4.78, 5) is 27.6. The second-order valence-electron chi connectivity index (χ2n) is 7.21. The smallest absolute Gasteiger partial charge is 0.407 e. The van der Waals surface area contributed by atoms with Gasteiger partial charge < -0.3 is 14.9 Å². The van der Waals surface area contributed by atoms with Crippen molar-refractivity contribution in [3.05, 3.63) is 70.2 Å². The van der Waals surface area contributed by atoms with E-state index in [1.54, 1.807) is 41.3 Å². The Labute approximate surface area is 168 Å². The summed E-state index contributed by atoms with van der Waals surface area (Å²) < 4.78 is 0. The predicted octanol–water partition coefficient (Wildman–Crippen LogP) is 3.60. The van der Waals surface area contributed by atoms with E-state index < -0.39 is 17.6 Å². The number of benzene rings is 2. The number of nitriles is 1. The second-order valence-corrected chi connectivity index (χ2v) is 7.64. The maximum absolute atomic E-state index is 13.0. The number of likely N-dealkylation sites (tertiary alicyclic amines) is 1. The molecule has 0 bridgehead atoms. The van der Waals surface area contributed by atoms with Crippen LogP contribution in [0.25, 0.3) is 0 Å². The summed E-state index contributed by atoms with van der Waals surface area (Å²) in [6, 6.07) is 15.3. The average Bonchev–Trinajstić information content (AvgIpc) is 3.05. The normalized spacial score (nSPS) is 21.2. The predicted molar refractivity (Wildman–Crippen MR) is 105 cm³/mol. The van der Waals surface area contributed by atoms with Crippen LogP contribution in [0.3, 0.4) is 0 Å². The third-order valence-corrected chi connectivity index (χ3v) is 5.72. The Morgan fingerprint density at radius 3 is 2.36 bits per heavy atom. The zero-order chi connectivity index (χ0) is 20.5. The minimum atomic E-state index is -1.04. The molecule has 2 aromatic carbocycles. The molecule has 0 unspecified atom stereocenters. The molecular formula is C21H20ClN3O3. The number of halogens is 1. The molecule has 2 amide bonds. The zero-order valence-corrected chi connectivity index (χ0v) is 16.3. The van der Waals surface area contributed by atoms with Crippen LogP contribution in [0.2, 0.25) is 5.02 Å². The van der Waals surface area contributed by atoms with Gasteiger partial charge in [0.25, 0.3) is 5.91 Å². The number of hydrogen-bond acceptors (Lipinski definition) is 3. The van der Waals surface area contributed by atoms with E-state index >= 15 is 0 Å². The Morgan fingerprint density at radius 2 is 1.82 bits per heavy atom. The lowest BCUT2D eigenvalue weighted by atomic mass is 9.77. The molecule has 0 saturated carbocycles. The van der Waals surface area contributed by atoms with Gasteiger partial charge in [0.15, 0.2) is 0 Å². The number of amides is 2. The third-order valence-electron chi connectivity index (χ3n) is 5.47. The molecule has 1 aliphatic heterocycles. The molecule has 0 spiro atoms. The van der Waals surface area contributed by atoms with E-state index in [0.717, 1.165) is 5.56 Å². The van der Waals surface area contributed by atoms with Crippen LogP contribution < -0.4 is 0 Å². The van der Waals surface area contributed by atoms with Crippen molar-refractivity contribution < 1.29 is 14.7 Å². The Balaban J connectivity index is 1.95. The van der Waals surface area contributed by atoms with Crippen LogP contribution in [0.4, 0.5) is 4.79 Å². The van der Waals surface area contributed by atoms with Gasteiger partial charge in [0.05, 0.1) is 17.7 Å². The number of carbonyl (C=O) groups excluding carboxylic acids is 1. The van der Waals surface area contributed by atoms with Crippen molar-refractivity contribution in [2.45, 2.75) is 18.4 Å². The molecule has 28 heavy (non-hydrogen) atoms. The Hall–Kier alpha value is -3.04. The Bertz CT molecular complexity index is 937. The summed E-state index contributed by atoms with van der Waals surface area (Å²) in [6.07, 6.45) is -1.04. The van der Waals surface area contributed by atoms with E-state index in [1.807, 2.05) is 25.1 Å². The van der Waals surface area contributed by atoms with Crippen LogP contribution in [0.1, 0.15) is 28.4 Å². The lowest BCUT2D eigenvalue weighted by Crippen LogP contribution is -2.48. The molecule has 144 valence electrons. The molecule has 1 aliphatic rings. The van der Waals surface area contributed by atoms with E-state index in [2.05, 4.69) is 0 Å². The molecule has 1 fully saturated rings. The minimum Gasteiger partial charge on any atom is -0.465 e. The largest absolute Gasteiger partial charge is 0.465 e. The lowest BCUT2D eigenvalue weighted by Gasteiger charge is -2.35. The van der Waals surface area contributed by atoms with Gasteiger partial charge >= 0.3 is 6.09 Å². The van der Waals surface area contributed by atoms with E-state index in [1.165, 1.54) is 11.9 Å². The van der Waals surface area contributed by atoms with Crippen molar-refractivity contribution in [3.8, 4) is 6.07 Å². The van der Waals surface area contributed by atoms with Crippen molar-refractivity contribution in [1.29, 1.82) is 5.26 Å². The van der Waals surface area contributed by atoms with Crippen molar-refractivity contribution in [2.75, 3.05) is 20.1 Å². The highest BCUT2D eigenvalue weighted by Gasteiger charge is 2.49. The fourth-order valence-corrected chi connectivity index (χ4v) is 3.92. The summed E-state index contributed by atoms with van der Waals surface area (Å²) in [7, 11) is 1.52. The van der Waals surface area contributed by atoms with E-state index in [-0.39, 0.29) is 12.5 Å². The maximum Gasteiger partial charge on any atom is 0.407 e. The van der Waals surface area contributed by atoms with Gasteiger partial charge in [-0.05, 0) is 42.0 Å². The summed E-state index contributed by atoms with van der Waals surface area (Å²) in [6.45, 7) is 2.61. The van der Waals surface area contributed by atoms with Gasteiger partial charge in [0, 0.05) is 36.1 Å². The lowest BCUT2D eigenvalue weighted by molar-refractivity contribution is 0.0775. The number of carbonyl (C=O) groups is 2. The summed E-state index contributed by atoms with van der Waals surface area (Å²) in [5.41, 5.74) is 1.29. The summed E-state index contributed by atoms with van der Waals surface area (Å²) in [5, 5.41) is 19.1. The molecular weight excluding hydrogens is 378 g/mol. The van der Waals surface area contributed by atoms with Gasteiger partial charge in [-0.25, -0.2) is 4.79 Å². The molecule has 7 heteroatoms. The van der Waals surface area contributed by atoms with Gasteiger partial charge in [0.2, 0.25) is 0 Å². The van der Waals surface area contributed by atoms with Crippen molar-refractivity contribution in [1.82, 2.24) is 9.80 Å². The van der Waals surface area contributed by atoms with E-state index in [0.29, 0.717) is 22.7 Å². The first-order chi connectivity index (χ1) is 13.3.